The van der Waals surface area contributed by atoms with Crippen LogP contribution < -0.4 is 10.1 Å². The largest absolute Gasteiger partial charge is 0.497 e. The molecule has 1 aromatic heterocycles. The molecule has 1 unspecified atom stereocenters. The molecule has 3 aromatic rings. The van der Waals surface area contributed by atoms with Crippen LogP contribution in [0.15, 0.2) is 54.6 Å². The smallest absolute Gasteiger partial charge is 0.272 e. The summed E-state index contributed by atoms with van der Waals surface area (Å²) in [6.07, 6.45) is 0.528. The minimum absolute atomic E-state index is 0.255. The molecule has 0 saturated heterocycles. The molecule has 0 bridgehead atoms. The zero-order chi connectivity index (χ0) is 20.1. The molecule has 2 aromatic carbocycles. The SMILES string of the molecule is COc1ccc(C(Cc2ccc(F)cc2)NC(=O)c2cc(C(C)C)[nH]n2)cc1. The van der Waals surface area contributed by atoms with Crippen LogP contribution in [0.5, 0.6) is 5.75 Å². The highest BCUT2D eigenvalue weighted by molar-refractivity contribution is 5.92. The molecule has 0 fully saturated rings. The van der Waals surface area contributed by atoms with E-state index in [4.69, 9.17) is 4.74 Å². The number of carbonyl (C=O) groups excluding carboxylic acids is 1. The van der Waals surface area contributed by atoms with Gasteiger partial charge in [-0.05, 0) is 53.8 Å². The van der Waals surface area contributed by atoms with Crippen LogP contribution in [0.4, 0.5) is 4.39 Å². The normalized spacial score (nSPS) is 12.0. The second kappa shape index (κ2) is 8.69. The van der Waals surface area contributed by atoms with E-state index >= 15 is 0 Å². The molecule has 1 heterocycles. The number of rotatable bonds is 7. The van der Waals surface area contributed by atoms with E-state index < -0.39 is 0 Å². The standard InChI is InChI=1S/C22H24FN3O2/c1-14(2)19-13-21(26-25-19)22(27)24-20(12-15-4-8-17(23)9-5-15)16-6-10-18(28-3)11-7-16/h4-11,13-14,20H,12H2,1-3H3,(H,24,27)(H,25,26). The Kier molecular flexibility index (Phi) is 6.09. The quantitative estimate of drug-likeness (QED) is 0.638. The van der Waals surface area contributed by atoms with Crippen molar-refractivity contribution >= 4 is 5.91 Å². The van der Waals surface area contributed by atoms with Gasteiger partial charge in [-0.2, -0.15) is 5.10 Å². The predicted octanol–water partition coefficient (Wildman–Crippen LogP) is 4.39. The van der Waals surface area contributed by atoms with E-state index in [1.165, 1.54) is 12.1 Å². The summed E-state index contributed by atoms with van der Waals surface area (Å²) in [6, 6.07) is 15.3. The van der Waals surface area contributed by atoms with Crippen molar-refractivity contribution in [2.24, 2.45) is 0 Å². The number of H-pyrrole nitrogens is 1. The highest BCUT2D eigenvalue weighted by Crippen LogP contribution is 2.22. The van der Waals surface area contributed by atoms with E-state index in [-0.39, 0.29) is 23.7 Å². The minimum atomic E-state index is -0.289. The van der Waals surface area contributed by atoms with Gasteiger partial charge < -0.3 is 10.1 Å². The zero-order valence-corrected chi connectivity index (χ0v) is 16.2. The highest BCUT2D eigenvalue weighted by Gasteiger charge is 2.19. The first-order valence-corrected chi connectivity index (χ1v) is 9.21. The molecule has 2 N–H and O–H groups in total. The summed E-state index contributed by atoms with van der Waals surface area (Å²) in [7, 11) is 1.61. The van der Waals surface area contributed by atoms with E-state index in [9.17, 15) is 9.18 Å². The maximum absolute atomic E-state index is 13.2. The number of aromatic amines is 1. The van der Waals surface area contributed by atoms with Crippen molar-refractivity contribution in [3.63, 3.8) is 0 Å². The van der Waals surface area contributed by atoms with Gasteiger partial charge >= 0.3 is 0 Å². The Labute approximate surface area is 163 Å². The van der Waals surface area contributed by atoms with Crippen molar-refractivity contribution < 1.29 is 13.9 Å². The third-order valence-corrected chi connectivity index (χ3v) is 4.63. The lowest BCUT2D eigenvalue weighted by atomic mass is 9.98. The molecular formula is C22H24FN3O2. The van der Waals surface area contributed by atoms with E-state index in [0.717, 1.165) is 22.6 Å². The summed E-state index contributed by atoms with van der Waals surface area (Å²) >= 11 is 0. The van der Waals surface area contributed by atoms with Crippen molar-refractivity contribution in [3.8, 4) is 5.75 Å². The van der Waals surface area contributed by atoms with Crippen LogP contribution >= 0.6 is 0 Å². The third-order valence-electron chi connectivity index (χ3n) is 4.63. The highest BCUT2D eigenvalue weighted by atomic mass is 19.1. The van der Waals surface area contributed by atoms with E-state index in [1.807, 2.05) is 38.1 Å². The van der Waals surface area contributed by atoms with Gasteiger partial charge in [0.05, 0.1) is 13.2 Å². The van der Waals surface area contributed by atoms with Gasteiger partial charge in [-0.25, -0.2) is 4.39 Å². The monoisotopic (exact) mass is 381 g/mol. The lowest BCUT2D eigenvalue weighted by Gasteiger charge is -2.19. The maximum atomic E-state index is 13.2. The number of methoxy groups -OCH3 is 1. The molecule has 0 aliphatic carbocycles. The van der Waals surface area contributed by atoms with Crippen molar-refractivity contribution in [1.29, 1.82) is 0 Å². The van der Waals surface area contributed by atoms with Crippen LogP contribution in [0.2, 0.25) is 0 Å². The topological polar surface area (TPSA) is 67.0 Å². The van der Waals surface area contributed by atoms with Crippen molar-refractivity contribution in [2.45, 2.75) is 32.2 Å². The van der Waals surface area contributed by atoms with Crippen molar-refractivity contribution in [1.82, 2.24) is 15.5 Å². The summed E-state index contributed by atoms with van der Waals surface area (Å²) in [4.78, 5) is 12.8. The molecular weight excluding hydrogens is 357 g/mol. The second-order valence-corrected chi connectivity index (χ2v) is 6.99. The summed E-state index contributed by atoms with van der Waals surface area (Å²) in [5.41, 5.74) is 3.11. The number of amides is 1. The predicted molar refractivity (Wildman–Crippen MR) is 106 cm³/mol. The van der Waals surface area contributed by atoms with Gasteiger partial charge in [0.25, 0.3) is 5.91 Å². The number of aromatic nitrogens is 2. The van der Waals surface area contributed by atoms with Gasteiger partial charge in [-0.1, -0.05) is 38.1 Å². The van der Waals surface area contributed by atoms with Crippen LogP contribution in [0.1, 0.15) is 53.1 Å². The average Bonchev–Trinajstić information content (AvgIpc) is 3.20. The van der Waals surface area contributed by atoms with Gasteiger partial charge in [0.15, 0.2) is 0 Å². The first-order chi connectivity index (χ1) is 13.5. The number of nitrogens with zero attached hydrogens (tertiary/aromatic N) is 1. The Morgan fingerprint density at radius 2 is 1.82 bits per heavy atom. The minimum Gasteiger partial charge on any atom is -0.497 e. The molecule has 0 aliphatic rings. The maximum Gasteiger partial charge on any atom is 0.272 e. The van der Waals surface area contributed by atoms with Crippen molar-refractivity contribution in [3.05, 3.63) is 82.9 Å². The van der Waals surface area contributed by atoms with Crippen LogP contribution in [-0.2, 0) is 6.42 Å². The Hall–Kier alpha value is -3.15. The molecule has 6 heteroatoms. The van der Waals surface area contributed by atoms with Crippen LogP contribution in [-0.4, -0.2) is 23.2 Å². The average molecular weight is 381 g/mol. The number of benzene rings is 2. The Balaban J connectivity index is 1.83. The molecule has 0 saturated carbocycles. The lowest BCUT2D eigenvalue weighted by Crippen LogP contribution is -2.30. The molecule has 3 rings (SSSR count). The number of nitrogens with one attached hydrogen (secondary N) is 2. The van der Waals surface area contributed by atoms with Gasteiger partial charge in [0.2, 0.25) is 0 Å². The summed E-state index contributed by atoms with van der Waals surface area (Å²) in [5, 5.41) is 10.1. The molecule has 1 amide bonds. The van der Waals surface area contributed by atoms with Crippen molar-refractivity contribution in [2.75, 3.05) is 7.11 Å². The molecule has 146 valence electrons. The van der Waals surface area contributed by atoms with Gasteiger partial charge in [-0.3, -0.25) is 9.89 Å². The molecule has 28 heavy (non-hydrogen) atoms. The Morgan fingerprint density at radius 3 is 2.39 bits per heavy atom. The molecule has 1 atom stereocenters. The number of ether oxygens (including phenoxy) is 1. The fraction of sp³-hybridized carbons (Fsp3) is 0.273. The first-order valence-electron chi connectivity index (χ1n) is 9.21. The summed E-state index contributed by atoms with van der Waals surface area (Å²) in [5.74, 6) is 0.452. The molecule has 0 spiro atoms. The fourth-order valence-electron chi connectivity index (χ4n) is 2.93. The number of halogens is 1. The summed E-state index contributed by atoms with van der Waals surface area (Å²) in [6.45, 7) is 4.06. The first kappa shape index (κ1) is 19.6. The van der Waals surface area contributed by atoms with Crippen LogP contribution in [0.3, 0.4) is 0 Å². The van der Waals surface area contributed by atoms with Gasteiger partial charge in [0.1, 0.15) is 17.3 Å². The van der Waals surface area contributed by atoms with E-state index in [0.29, 0.717) is 12.1 Å². The zero-order valence-electron chi connectivity index (χ0n) is 16.2. The number of hydrogen-bond acceptors (Lipinski definition) is 3. The number of hydrogen-bond donors (Lipinski definition) is 2. The van der Waals surface area contributed by atoms with Crippen LogP contribution in [0, 0.1) is 5.82 Å². The second-order valence-electron chi connectivity index (χ2n) is 6.99. The van der Waals surface area contributed by atoms with Crippen LogP contribution in [0.25, 0.3) is 0 Å². The van der Waals surface area contributed by atoms with Gasteiger partial charge in [-0.15, -0.1) is 0 Å². The number of carbonyl (C=O) groups is 1. The lowest BCUT2D eigenvalue weighted by molar-refractivity contribution is 0.0931. The third kappa shape index (κ3) is 4.76. The summed E-state index contributed by atoms with van der Waals surface area (Å²) < 4.78 is 18.4. The molecule has 0 radical (unpaired) electrons. The molecule has 0 aliphatic heterocycles. The molecule has 5 nitrogen and oxygen atoms in total. The Bertz CT molecular complexity index is 918. The van der Waals surface area contributed by atoms with E-state index in [2.05, 4.69) is 15.5 Å². The van der Waals surface area contributed by atoms with Gasteiger partial charge in [0, 0.05) is 5.69 Å². The van der Waals surface area contributed by atoms with E-state index in [1.54, 1.807) is 25.3 Å². The Morgan fingerprint density at radius 1 is 1.14 bits per heavy atom. The fourth-order valence-corrected chi connectivity index (χ4v) is 2.93.